The summed E-state index contributed by atoms with van der Waals surface area (Å²) < 4.78 is 9.26. The second kappa shape index (κ2) is 3.61. The van der Waals surface area contributed by atoms with Gasteiger partial charge in [-0.15, -0.1) is 0 Å². The highest BCUT2D eigenvalue weighted by Gasteiger charge is 2.00. The predicted octanol–water partition coefficient (Wildman–Crippen LogP) is 1.75. The van der Waals surface area contributed by atoms with E-state index in [0.29, 0.717) is 5.75 Å². The third kappa shape index (κ3) is 2.16. The van der Waals surface area contributed by atoms with E-state index in [-0.39, 0.29) is 5.75 Å². The molecule has 1 aromatic carbocycles. The van der Waals surface area contributed by atoms with Crippen LogP contribution in [0.2, 0.25) is 0 Å². The van der Waals surface area contributed by atoms with Crippen molar-refractivity contribution >= 4 is 6.16 Å². The van der Waals surface area contributed by atoms with Gasteiger partial charge in [0.2, 0.25) is 0 Å². The van der Waals surface area contributed by atoms with Crippen molar-refractivity contribution < 1.29 is 19.4 Å². The summed E-state index contributed by atoms with van der Waals surface area (Å²) in [7, 11) is 1.50. The van der Waals surface area contributed by atoms with E-state index in [1.54, 1.807) is 12.1 Å². The van der Waals surface area contributed by atoms with Crippen molar-refractivity contribution in [3.63, 3.8) is 0 Å². The summed E-state index contributed by atoms with van der Waals surface area (Å²) in [5.74, 6) is 0.815. The third-order valence-electron chi connectivity index (χ3n) is 1.25. The van der Waals surface area contributed by atoms with Crippen molar-refractivity contribution in [2.45, 2.75) is 0 Å². The molecule has 4 heteroatoms. The third-order valence-corrected chi connectivity index (χ3v) is 1.25. The van der Waals surface area contributed by atoms with Gasteiger partial charge in [0.05, 0.1) is 7.11 Å². The van der Waals surface area contributed by atoms with Crippen LogP contribution >= 0.6 is 0 Å². The molecule has 0 spiro atoms. The van der Waals surface area contributed by atoms with E-state index in [4.69, 9.17) is 9.84 Å². The number of methoxy groups -OCH3 is 1. The first-order valence-electron chi connectivity index (χ1n) is 3.27. The lowest BCUT2D eigenvalue weighted by Gasteiger charge is -2.01. The van der Waals surface area contributed by atoms with Crippen molar-refractivity contribution in [2.24, 2.45) is 0 Å². The van der Waals surface area contributed by atoms with Crippen LogP contribution in [0.3, 0.4) is 0 Å². The highest BCUT2D eigenvalue weighted by molar-refractivity contribution is 5.61. The Morgan fingerprint density at radius 3 is 2.67 bits per heavy atom. The number of hydrogen-bond donors (Lipinski definition) is 1. The summed E-state index contributed by atoms with van der Waals surface area (Å²) in [5.41, 5.74) is 0. The first kappa shape index (κ1) is 8.39. The summed E-state index contributed by atoms with van der Waals surface area (Å²) in [6.07, 6.45) is -1.33. The van der Waals surface area contributed by atoms with Crippen LogP contribution in [0, 0.1) is 0 Å². The van der Waals surface area contributed by atoms with E-state index in [2.05, 4.69) is 4.74 Å². The Morgan fingerprint density at radius 1 is 1.42 bits per heavy atom. The monoisotopic (exact) mass is 168 g/mol. The van der Waals surface area contributed by atoms with Gasteiger partial charge < -0.3 is 14.6 Å². The second-order valence-corrected chi connectivity index (χ2v) is 2.05. The van der Waals surface area contributed by atoms with Crippen molar-refractivity contribution in [1.29, 1.82) is 0 Å². The predicted molar refractivity (Wildman–Crippen MR) is 41.6 cm³/mol. The van der Waals surface area contributed by atoms with Crippen molar-refractivity contribution in [2.75, 3.05) is 7.11 Å². The highest BCUT2D eigenvalue weighted by atomic mass is 16.7. The molecular weight excluding hydrogens is 160 g/mol. The average Bonchev–Trinajstić information content (AvgIpc) is 2.03. The molecule has 0 bridgehead atoms. The molecule has 12 heavy (non-hydrogen) atoms. The number of carboxylic acid groups (broad SMARTS) is 1. The second-order valence-electron chi connectivity index (χ2n) is 2.05. The molecule has 0 fully saturated rings. The first-order chi connectivity index (χ1) is 5.72. The molecule has 0 saturated carbocycles. The van der Waals surface area contributed by atoms with Gasteiger partial charge in [-0.2, -0.15) is 0 Å². The molecule has 0 unspecified atom stereocenters. The number of ether oxygens (including phenoxy) is 2. The molecule has 1 rings (SSSR count). The van der Waals surface area contributed by atoms with Gasteiger partial charge in [0, 0.05) is 6.07 Å². The normalized spacial score (nSPS) is 9.08. The molecule has 0 atom stereocenters. The number of rotatable bonds is 2. The van der Waals surface area contributed by atoms with Crippen molar-refractivity contribution in [1.82, 2.24) is 0 Å². The molecular formula is C8H8O4. The molecule has 0 saturated heterocycles. The lowest BCUT2D eigenvalue weighted by atomic mass is 10.3. The fraction of sp³-hybridized carbons (Fsp3) is 0.125. The Hall–Kier alpha value is -1.71. The number of hydrogen-bond acceptors (Lipinski definition) is 3. The van der Waals surface area contributed by atoms with Gasteiger partial charge in [-0.25, -0.2) is 4.79 Å². The number of carbonyl (C=O) groups is 1. The molecule has 0 radical (unpaired) electrons. The molecule has 0 aliphatic heterocycles. The maximum Gasteiger partial charge on any atom is 0.511 e. The lowest BCUT2D eigenvalue weighted by Crippen LogP contribution is -2.02. The van der Waals surface area contributed by atoms with Crippen LogP contribution in [0.15, 0.2) is 24.3 Å². The largest absolute Gasteiger partial charge is 0.511 e. The zero-order valence-electron chi connectivity index (χ0n) is 6.48. The fourth-order valence-electron chi connectivity index (χ4n) is 0.765. The van der Waals surface area contributed by atoms with Crippen molar-refractivity contribution in [3.8, 4) is 11.5 Å². The first-order valence-corrected chi connectivity index (χ1v) is 3.27. The average molecular weight is 168 g/mol. The van der Waals surface area contributed by atoms with Crippen LogP contribution in [0.25, 0.3) is 0 Å². The van der Waals surface area contributed by atoms with Gasteiger partial charge in [0.15, 0.2) is 0 Å². The molecule has 0 heterocycles. The Morgan fingerprint density at radius 2 is 2.08 bits per heavy atom. The summed E-state index contributed by atoms with van der Waals surface area (Å²) >= 11 is 0. The lowest BCUT2D eigenvalue weighted by molar-refractivity contribution is 0.144. The smallest absolute Gasteiger partial charge is 0.497 e. The highest BCUT2D eigenvalue weighted by Crippen LogP contribution is 2.18. The van der Waals surface area contributed by atoms with Gasteiger partial charge >= 0.3 is 6.16 Å². The Kier molecular flexibility index (Phi) is 2.53. The zero-order chi connectivity index (χ0) is 8.97. The van der Waals surface area contributed by atoms with E-state index >= 15 is 0 Å². The molecule has 0 aliphatic rings. The van der Waals surface area contributed by atoms with E-state index in [1.807, 2.05) is 0 Å². The van der Waals surface area contributed by atoms with E-state index < -0.39 is 6.16 Å². The van der Waals surface area contributed by atoms with Gasteiger partial charge in [-0.1, -0.05) is 6.07 Å². The minimum atomic E-state index is -1.33. The van der Waals surface area contributed by atoms with Crippen LogP contribution in [0.4, 0.5) is 4.79 Å². The molecule has 0 aliphatic carbocycles. The Balaban J connectivity index is 2.79. The molecule has 4 nitrogen and oxygen atoms in total. The van der Waals surface area contributed by atoms with Gasteiger partial charge in [0.1, 0.15) is 11.5 Å². The van der Waals surface area contributed by atoms with Crippen LogP contribution in [-0.4, -0.2) is 18.4 Å². The van der Waals surface area contributed by atoms with Crippen LogP contribution < -0.4 is 9.47 Å². The quantitative estimate of drug-likeness (QED) is 0.540. The molecule has 0 amide bonds. The minimum Gasteiger partial charge on any atom is -0.497 e. The van der Waals surface area contributed by atoms with Crippen LogP contribution in [-0.2, 0) is 0 Å². The molecule has 0 aromatic heterocycles. The molecule has 64 valence electrons. The Bertz CT molecular complexity index is 282. The standard InChI is InChI=1S/C8H8O4/c1-11-6-3-2-4-7(5-6)12-8(9)10/h2-5H,1H3,(H,9,10). The SMILES string of the molecule is COc1cccc(OC(=O)O)c1. The minimum absolute atomic E-state index is 0.252. The fourth-order valence-corrected chi connectivity index (χ4v) is 0.765. The van der Waals surface area contributed by atoms with Crippen LogP contribution in [0.5, 0.6) is 11.5 Å². The maximum atomic E-state index is 10.1. The van der Waals surface area contributed by atoms with Crippen LogP contribution in [0.1, 0.15) is 0 Å². The molecule has 1 N–H and O–H groups in total. The summed E-state index contributed by atoms with van der Waals surface area (Å²) in [5, 5.41) is 8.27. The van der Waals surface area contributed by atoms with E-state index in [1.165, 1.54) is 19.2 Å². The number of benzene rings is 1. The summed E-state index contributed by atoms with van der Waals surface area (Å²) in [6, 6.07) is 6.39. The van der Waals surface area contributed by atoms with E-state index in [9.17, 15) is 4.79 Å². The van der Waals surface area contributed by atoms with Gasteiger partial charge in [-0.05, 0) is 12.1 Å². The van der Waals surface area contributed by atoms with Gasteiger partial charge in [-0.3, -0.25) is 0 Å². The van der Waals surface area contributed by atoms with E-state index in [0.717, 1.165) is 0 Å². The van der Waals surface area contributed by atoms with Crippen molar-refractivity contribution in [3.05, 3.63) is 24.3 Å². The maximum absolute atomic E-state index is 10.1. The van der Waals surface area contributed by atoms with Gasteiger partial charge in [0.25, 0.3) is 0 Å². The topological polar surface area (TPSA) is 55.8 Å². The Labute approximate surface area is 69.3 Å². The summed E-state index contributed by atoms with van der Waals surface area (Å²) in [6.45, 7) is 0. The summed E-state index contributed by atoms with van der Waals surface area (Å²) in [4.78, 5) is 10.1. The zero-order valence-corrected chi connectivity index (χ0v) is 6.48. The molecule has 1 aromatic rings.